The molecule has 4 nitrogen and oxygen atoms in total. The van der Waals surface area contributed by atoms with Crippen molar-refractivity contribution in [3.63, 3.8) is 0 Å². The van der Waals surface area contributed by atoms with E-state index in [1.807, 2.05) is 26.8 Å². The SMILES string of the molecule is Cc1ccc(N2C(=O)CC(C)(C)CC2=O)c(N)c1. The number of hydrogen-bond donors (Lipinski definition) is 1. The predicted octanol–water partition coefficient (Wildman–Crippen LogP) is 2.26. The van der Waals surface area contributed by atoms with Gasteiger partial charge in [-0.1, -0.05) is 19.9 Å². The van der Waals surface area contributed by atoms with Crippen LogP contribution in [0.15, 0.2) is 18.2 Å². The summed E-state index contributed by atoms with van der Waals surface area (Å²) in [5, 5.41) is 0. The fraction of sp³-hybridized carbons (Fsp3) is 0.429. The van der Waals surface area contributed by atoms with Gasteiger partial charge in [-0.15, -0.1) is 0 Å². The van der Waals surface area contributed by atoms with Crippen LogP contribution < -0.4 is 10.6 Å². The number of amides is 2. The average molecular weight is 246 g/mol. The first-order valence-corrected chi connectivity index (χ1v) is 6.02. The maximum absolute atomic E-state index is 12.1. The van der Waals surface area contributed by atoms with Gasteiger partial charge in [0.2, 0.25) is 11.8 Å². The monoisotopic (exact) mass is 246 g/mol. The number of piperidine rings is 1. The topological polar surface area (TPSA) is 63.4 Å². The third-order valence-corrected chi connectivity index (χ3v) is 3.18. The molecule has 0 aliphatic carbocycles. The molecule has 1 aromatic carbocycles. The lowest BCUT2D eigenvalue weighted by atomic mass is 9.81. The molecule has 0 aromatic heterocycles. The summed E-state index contributed by atoms with van der Waals surface area (Å²) in [6, 6.07) is 5.36. The number of carbonyl (C=O) groups is 2. The first-order chi connectivity index (χ1) is 8.30. The van der Waals surface area contributed by atoms with E-state index in [4.69, 9.17) is 5.73 Å². The Labute approximate surface area is 107 Å². The molecule has 4 heteroatoms. The number of rotatable bonds is 1. The van der Waals surface area contributed by atoms with Gasteiger partial charge >= 0.3 is 0 Å². The van der Waals surface area contributed by atoms with Crippen molar-refractivity contribution in [2.24, 2.45) is 5.41 Å². The summed E-state index contributed by atoms with van der Waals surface area (Å²) in [6.45, 7) is 5.78. The van der Waals surface area contributed by atoms with Crippen LogP contribution in [0.2, 0.25) is 0 Å². The van der Waals surface area contributed by atoms with Crippen molar-refractivity contribution in [1.82, 2.24) is 0 Å². The van der Waals surface area contributed by atoms with Gasteiger partial charge in [0, 0.05) is 12.8 Å². The van der Waals surface area contributed by atoms with Gasteiger partial charge in [0.05, 0.1) is 11.4 Å². The van der Waals surface area contributed by atoms with E-state index in [-0.39, 0.29) is 17.2 Å². The van der Waals surface area contributed by atoms with Gasteiger partial charge in [0.1, 0.15) is 0 Å². The zero-order valence-corrected chi connectivity index (χ0v) is 11.0. The third kappa shape index (κ3) is 2.23. The number of nitrogens with zero attached hydrogens (tertiary/aromatic N) is 1. The molecule has 1 aliphatic rings. The molecular weight excluding hydrogens is 228 g/mol. The largest absolute Gasteiger partial charge is 0.397 e. The minimum absolute atomic E-state index is 0.174. The van der Waals surface area contributed by atoms with E-state index in [1.165, 1.54) is 4.90 Å². The fourth-order valence-electron chi connectivity index (χ4n) is 2.32. The molecule has 2 N–H and O–H groups in total. The van der Waals surface area contributed by atoms with Crippen molar-refractivity contribution < 1.29 is 9.59 Å². The van der Waals surface area contributed by atoms with Crippen LogP contribution in [-0.4, -0.2) is 11.8 Å². The van der Waals surface area contributed by atoms with Crippen LogP contribution in [0.5, 0.6) is 0 Å². The summed E-state index contributed by atoms with van der Waals surface area (Å²) in [6.07, 6.45) is 0.734. The molecule has 1 aromatic rings. The minimum atomic E-state index is -0.260. The summed E-state index contributed by atoms with van der Waals surface area (Å²) < 4.78 is 0. The number of nitrogen functional groups attached to an aromatic ring is 1. The fourth-order valence-corrected chi connectivity index (χ4v) is 2.32. The maximum atomic E-state index is 12.1. The quantitative estimate of drug-likeness (QED) is 0.610. The van der Waals surface area contributed by atoms with Crippen molar-refractivity contribution in [3.05, 3.63) is 23.8 Å². The molecule has 1 aliphatic heterocycles. The number of anilines is 2. The first kappa shape index (κ1) is 12.6. The molecule has 2 amide bonds. The van der Waals surface area contributed by atoms with Crippen LogP contribution in [0.3, 0.4) is 0 Å². The Morgan fingerprint density at radius 1 is 1.17 bits per heavy atom. The molecule has 0 radical (unpaired) electrons. The van der Waals surface area contributed by atoms with E-state index in [9.17, 15) is 9.59 Å². The van der Waals surface area contributed by atoms with Gasteiger partial charge in [-0.05, 0) is 30.0 Å². The van der Waals surface area contributed by atoms with E-state index >= 15 is 0 Å². The van der Waals surface area contributed by atoms with Crippen LogP contribution >= 0.6 is 0 Å². The summed E-state index contributed by atoms with van der Waals surface area (Å²) in [5.74, 6) is -0.349. The Morgan fingerprint density at radius 2 is 1.72 bits per heavy atom. The molecule has 18 heavy (non-hydrogen) atoms. The second-order valence-electron chi connectivity index (χ2n) is 5.70. The number of aryl methyl sites for hydroxylation is 1. The van der Waals surface area contributed by atoms with Crippen molar-refractivity contribution in [2.45, 2.75) is 33.6 Å². The highest BCUT2D eigenvalue weighted by molar-refractivity contribution is 6.18. The second kappa shape index (κ2) is 4.12. The number of hydrogen-bond acceptors (Lipinski definition) is 3. The van der Waals surface area contributed by atoms with E-state index < -0.39 is 0 Å². The normalized spacial score (nSPS) is 19.2. The van der Waals surface area contributed by atoms with E-state index in [2.05, 4.69) is 0 Å². The lowest BCUT2D eigenvalue weighted by molar-refractivity contribution is -0.132. The summed E-state index contributed by atoms with van der Waals surface area (Å²) in [7, 11) is 0. The van der Waals surface area contributed by atoms with Crippen molar-refractivity contribution in [3.8, 4) is 0 Å². The molecule has 96 valence electrons. The van der Waals surface area contributed by atoms with Crippen molar-refractivity contribution in [2.75, 3.05) is 10.6 Å². The minimum Gasteiger partial charge on any atom is -0.397 e. The van der Waals surface area contributed by atoms with E-state index in [0.29, 0.717) is 24.2 Å². The first-order valence-electron chi connectivity index (χ1n) is 6.02. The number of imide groups is 1. The molecule has 1 fully saturated rings. The van der Waals surface area contributed by atoms with Crippen LogP contribution in [0, 0.1) is 12.3 Å². The van der Waals surface area contributed by atoms with Gasteiger partial charge in [0.25, 0.3) is 0 Å². The molecule has 1 saturated heterocycles. The zero-order chi connectivity index (χ0) is 13.5. The van der Waals surface area contributed by atoms with Gasteiger partial charge in [0.15, 0.2) is 0 Å². The van der Waals surface area contributed by atoms with Crippen molar-refractivity contribution in [1.29, 1.82) is 0 Å². The number of carbonyl (C=O) groups excluding carboxylic acids is 2. The Bertz CT molecular complexity index is 501. The zero-order valence-electron chi connectivity index (χ0n) is 11.0. The summed E-state index contributed by atoms with van der Waals surface area (Å²) in [5.41, 5.74) is 7.62. The highest BCUT2D eigenvalue weighted by atomic mass is 16.2. The predicted molar refractivity (Wildman–Crippen MR) is 71.1 cm³/mol. The highest BCUT2D eigenvalue weighted by Crippen LogP contribution is 2.36. The van der Waals surface area contributed by atoms with Crippen LogP contribution in [0.25, 0.3) is 0 Å². The van der Waals surface area contributed by atoms with Crippen molar-refractivity contribution >= 4 is 23.2 Å². The maximum Gasteiger partial charge on any atom is 0.234 e. The van der Waals surface area contributed by atoms with Gasteiger partial charge < -0.3 is 5.73 Å². The van der Waals surface area contributed by atoms with E-state index in [0.717, 1.165) is 5.56 Å². The third-order valence-electron chi connectivity index (χ3n) is 3.18. The van der Waals surface area contributed by atoms with Gasteiger partial charge in [-0.25, -0.2) is 4.90 Å². The molecule has 0 saturated carbocycles. The summed E-state index contributed by atoms with van der Waals surface area (Å²) in [4.78, 5) is 25.4. The molecule has 0 unspecified atom stereocenters. The Hall–Kier alpha value is -1.84. The van der Waals surface area contributed by atoms with Gasteiger partial charge in [-0.2, -0.15) is 0 Å². The smallest absolute Gasteiger partial charge is 0.234 e. The van der Waals surface area contributed by atoms with Gasteiger partial charge in [-0.3, -0.25) is 9.59 Å². The Kier molecular flexibility index (Phi) is 2.89. The highest BCUT2D eigenvalue weighted by Gasteiger charge is 2.38. The average Bonchev–Trinajstić information content (AvgIpc) is 2.18. The lowest BCUT2D eigenvalue weighted by Gasteiger charge is -2.35. The molecule has 0 bridgehead atoms. The van der Waals surface area contributed by atoms with E-state index in [1.54, 1.807) is 12.1 Å². The molecule has 2 rings (SSSR count). The second-order valence-corrected chi connectivity index (χ2v) is 5.70. The van der Waals surface area contributed by atoms with Crippen LogP contribution in [0.4, 0.5) is 11.4 Å². The molecule has 1 heterocycles. The molecular formula is C14H18N2O2. The lowest BCUT2D eigenvalue weighted by Crippen LogP contribution is -2.46. The number of benzene rings is 1. The van der Waals surface area contributed by atoms with Crippen LogP contribution in [-0.2, 0) is 9.59 Å². The summed E-state index contributed by atoms with van der Waals surface area (Å²) >= 11 is 0. The Balaban J connectivity index is 2.39. The molecule has 0 spiro atoms. The number of nitrogens with two attached hydrogens (primary N) is 1. The van der Waals surface area contributed by atoms with Crippen LogP contribution in [0.1, 0.15) is 32.3 Å². The molecule has 0 atom stereocenters. The Morgan fingerprint density at radius 3 is 2.22 bits per heavy atom. The standard InChI is InChI=1S/C14H18N2O2/c1-9-4-5-11(10(15)6-9)16-12(17)7-14(2,3)8-13(16)18/h4-6H,7-8,15H2,1-3H3.